The van der Waals surface area contributed by atoms with Crippen molar-refractivity contribution in [1.82, 2.24) is 4.90 Å². The smallest absolute Gasteiger partial charge is 0.246 e. The molecule has 0 bridgehead atoms. The molecule has 4 heteroatoms. The van der Waals surface area contributed by atoms with E-state index in [0.29, 0.717) is 18.9 Å². The van der Waals surface area contributed by atoms with Gasteiger partial charge >= 0.3 is 0 Å². The molecule has 1 atom stereocenters. The molecule has 4 nitrogen and oxygen atoms in total. The molecule has 0 spiro atoms. The van der Waals surface area contributed by atoms with Crippen LogP contribution in [0.25, 0.3) is 0 Å². The monoisotopic (exact) mass is 264 g/mol. The Hall–Kier alpha value is -1.32. The third-order valence-corrected chi connectivity index (χ3v) is 4.25. The molecule has 2 aliphatic rings. The Bertz CT molecular complexity index is 359. The third kappa shape index (κ3) is 4.37. The molecule has 0 radical (unpaired) electrons. The van der Waals surface area contributed by atoms with Gasteiger partial charge in [-0.25, -0.2) is 0 Å². The predicted molar refractivity (Wildman–Crippen MR) is 74.2 cm³/mol. The van der Waals surface area contributed by atoms with Crippen molar-refractivity contribution < 1.29 is 9.59 Å². The van der Waals surface area contributed by atoms with Gasteiger partial charge in [-0.1, -0.05) is 25.3 Å². The molecular formula is C15H24N2O2. The lowest BCUT2D eigenvalue weighted by atomic mass is 9.89. The maximum atomic E-state index is 12.0. The zero-order valence-electron chi connectivity index (χ0n) is 11.5. The molecule has 1 heterocycles. The standard InChI is InChI=1S/C15H24N2O2/c16-14(18)10-13-8-9-17(11-13)15(19)7-6-12-4-2-1-3-5-12/h6-7,12-13H,1-5,8-11H2,(H2,16,18)/b7-6+. The second-order valence-corrected chi connectivity index (χ2v) is 5.87. The van der Waals surface area contributed by atoms with Crippen LogP contribution in [-0.2, 0) is 9.59 Å². The Morgan fingerprint density at radius 2 is 1.89 bits per heavy atom. The summed E-state index contributed by atoms with van der Waals surface area (Å²) >= 11 is 0. The summed E-state index contributed by atoms with van der Waals surface area (Å²) in [5.41, 5.74) is 5.19. The second-order valence-electron chi connectivity index (χ2n) is 5.87. The molecule has 2 fully saturated rings. The van der Waals surface area contributed by atoms with Crippen molar-refractivity contribution in [3.8, 4) is 0 Å². The van der Waals surface area contributed by atoms with E-state index in [9.17, 15) is 9.59 Å². The van der Waals surface area contributed by atoms with Crippen LogP contribution in [0.15, 0.2) is 12.2 Å². The van der Waals surface area contributed by atoms with E-state index in [1.54, 1.807) is 6.08 Å². The zero-order valence-corrected chi connectivity index (χ0v) is 11.5. The first-order valence-corrected chi connectivity index (χ1v) is 7.40. The molecule has 19 heavy (non-hydrogen) atoms. The lowest BCUT2D eigenvalue weighted by Gasteiger charge is -2.18. The Labute approximate surface area is 115 Å². The number of allylic oxidation sites excluding steroid dienone is 1. The minimum atomic E-state index is -0.267. The molecule has 1 unspecified atom stereocenters. The van der Waals surface area contributed by atoms with Crippen molar-refractivity contribution in [2.24, 2.45) is 17.6 Å². The molecule has 0 aromatic heterocycles. The largest absolute Gasteiger partial charge is 0.370 e. The van der Waals surface area contributed by atoms with Gasteiger partial charge in [-0.05, 0) is 37.2 Å². The van der Waals surface area contributed by atoms with Crippen LogP contribution in [0.3, 0.4) is 0 Å². The van der Waals surface area contributed by atoms with Crippen molar-refractivity contribution in [2.45, 2.75) is 44.9 Å². The Kier molecular flexibility index (Phi) is 5.00. The van der Waals surface area contributed by atoms with E-state index >= 15 is 0 Å². The summed E-state index contributed by atoms with van der Waals surface area (Å²) in [5, 5.41) is 0. The van der Waals surface area contributed by atoms with Gasteiger partial charge in [-0.2, -0.15) is 0 Å². The molecule has 1 saturated carbocycles. The first-order valence-electron chi connectivity index (χ1n) is 7.40. The molecule has 1 aliphatic carbocycles. The normalized spacial score (nSPS) is 25.1. The van der Waals surface area contributed by atoms with E-state index < -0.39 is 0 Å². The second kappa shape index (κ2) is 6.73. The van der Waals surface area contributed by atoms with E-state index in [-0.39, 0.29) is 17.7 Å². The average molecular weight is 264 g/mol. The summed E-state index contributed by atoms with van der Waals surface area (Å²) in [6.45, 7) is 1.43. The van der Waals surface area contributed by atoms with Gasteiger partial charge in [0.05, 0.1) is 0 Å². The van der Waals surface area contributed by atoms with Gasteiger partial charge in [0.2, 0.25) is 11.8 Å². The van der Waals surface area contributed by atoms with Crippen LogP contribution in [0.2, 0.25) is 0 Å². The van der Waals surface area contributed by atoms with Gasteiger partial charge in [0.15, 0.2) is 0 Å². The highest BCUT2D eigenvalue weighted by atomic mass is 16.2. The lowest BCUT2D eigenvalue weighted by Crippen LogP contribution is -2.28. The maximum absolute atomic E-state index is 12.0. The molecule has 106 valence electrons. The number of hydrogen-bond acceptors (Lipinski definition) is 2. The number of hydrogen-bond donors (Lipinski definition) is 1. The summed E-state index contributed by atoms with van der Waals surface area (Å²) in [6, 6.07) is 0. The summed E-state index contributed by atoms with van der Waals surface area (Å²) in [4.78, 5) is 24.8. The molecule has 2 amide bonds. The summed E-state index contributed by atoms with van der Waals surface area (Å²) in [6.07, 6.45) is 11.5. The fraction of sp³-hybridized carbons (Fsp3) is 0.733. The number of carbonyl (C=O) groups is 2. The van der Waals surface area contributed by atoms with Crippen LogP contribution in [0, 0.1) is 11.8 Å². The number of carbonyl (C=O) groups excluding carboxylic acids is 2. The molecule has 0 aromatic carbocycles. The van der Waals surface area contributed by atoms with Gasteiger partial charge in [-0.3, -0.25) is 9.59 Å². The maximum Gasteiger partial charge on any atom is 0.246 e. The molecule has 1 aliphatic heterocycles. The number of rotatable bonds is 4. The van der Waals surface area contributed by atoms with E-state index in [2.05, 4.69) is 6.08 Å². The van der Waals surface area contributed by atoms with Crippen molar-refractivity contribution in [2.75, 3.05) is 13.1 Å². The van der Waals surface area contributed by atoms with E-state index in [0.717, 1.165) is 13.0 Å². The molecule has 2 N–H and O–H groups in total. The van der Waals surface area contributed by atoms with Gasteiger partial charge < -0.3 is 10.6 Å². The number of amides is 2. The SMILES string of the molecule is NC(=O)CC1CCN(C(=O)/C=C/C2CCCCC2)C1. The highest BCUT2D eigenvalue weighted by molar-refractivity contribution is 5.87. The number of nitrogens with two attached hydrogens (primary N) is 1. The van der Waals surface area contributed by atoms with E-state index in [1.165, 1.54) is 32.1 Å². The minimum Gasteiger partial charge on any atom is -0.370 e. The first-order chi connectivity index (χ1) is 9.15. The van der Waals surface area contributed by atoms with E-state index in [1.807, 2.05) is 4.90 Å². The predicted octanol–water partition coefficient (Wildman–Crippen LogP) is 1.85. The number of primary amides is 1. The molecule has 1 saturated heterocycles. The van der Waals surface area contributed by atoms with Crippen LogP contribution >= 0.6 is 0 Å². The molecule has 2 rings (SSSR count). The Balaban J connectivity index is 1.77. The molecule has 0 aromatic rings. The van der Waals surface area contributed by atoms with Crippen LogP contribution in [-0.4, -0.2) is 29.8 Å². The Morgan fingerprint density at radius 1 is 1.16 bits per heavy atom. The van der Waals surface area contributed by atoms with Gasteiger partial charge in [0, 0.05) is 19.5 Å². The molecular weight excluding hydrogens is 240 g/mol. The summed E-state index contributed by atoms with van der Waals surface area (Å²) in [7, 11) is 0. The van der Waals surface area contributed by atoms with Crippen molar-refractivity contribution >= 4 is 11.8 Å². The average Bonchev–Trinajstić information content (AvgIpc) is 2.85. The lowest BCUT2D eigenvalue weighted by molar-refractivity contribution is -0.125. The minimum absolute atomic E-state index is 0.0949. The van der Waals surface area contributed by atoms with E-state index in [4.69, 9.17) is 5.73 Å². The van der Waals surface area contributed by atoms with Gasteiger partial charge in [0.25, 0.3) is 0 Å². The van der Waals surface area contributed by atoms with Crippen molar-refractivity contribution in [1.29, 1.82) is 0 Å². The number of likely N-dealkylation sites (tertiary alicyclic amines) is 1. The highest BCUT2D eigenvalue weighted by Crippen LogP contribution is 2.25. The summed E-state index contributed by atoms with van der Waals surface area (Å²) < 4.78 is 0. The van der Waals surface area contributed by atoms with Crippen molar-refractivity contribution in [3.05, 3.63) is 12.2 Å². The topological polar surface area (TPSA) is 63.4 Å². The zero-order chi connectivity index (χ0) is 13.7. The highest BCUT2D eigenvalue weighted by Gasteiger charge is 2.26. The van der Waals surface area contributed by atoms with Gasteiger partial charge in [-0.15, -0.1) is 0 Å². The van der Waals surface area contributed by atoms with Crippen molar-refractivity contribution in [3.63, 3.8) is 0 Å². The van der Waals surface area contributed by atoms with Gasteiger partial charge in [0.1, 0.15) is 0 Å². The first kappa shape index (κ1) is 14.1. The fourth-order valence-corrected chi connectivity index (χ4v) is 3.13. The van der Waals surface area contributed by atoms with Crippen LogP contribution in [0.5, 0.6) is 0 Å². The summed E-state index contributed by atoms with van der Waals surface area (Å²) in [5.74, 6) is 0.667. The fourth-order valence-electron chi connectivity index (χ4n) is 3.13. The third-order valence-electron chi connectivity index (χ3n) is 4.25. The number of nitrogens with zero attached hydrogens (tertiary/aromatic N) is 1. The van der Waals surface area contributed by atoms with Crippen LogP contribution < -0.4 is 5.73 Å². The van der Waals surface area contributed by atoms with Crippen LogP contribution in [0.1, 0.15) is 44.9 Å². The Morgan fingerprint density at radius 3 is 2.58 bits per heavy atom. The van der Waals surface area contributed by atoms with Crippen LogP contribution in [0.4, 0.5) is 0 Å². The quantitative estimate of drug-likeness (QED) is 0.788.